The molecule has 0 aromatic carbocycles. The summed E-state index contributed by atoms with van der Waals surface area (Å²) >= 11 is 0. The Balaban J connectivity index is 1.30. The van der Waals surface area contributed by atoms with Crippen LogP contribution in [0.5, 0.6) is 0 Å². The molecule has 5 fully saturated rings. The normalized spacial score (nSPS) is 49.0. The minimum atomic E-state index is -4.46. The maximum atomic E-state index is 12.1. The van der Waals surface area contributed by atoms with Crippen molar-refractivity contribution in [2.75, 3.05) is 6.61 Å². The lowest BCUT2D eigenvalue weighted by atomic mass is 9.41. The number of aliphatic carboxylic acids is 1. The van der Waals surface area contributed by atoms with Crippen LogP contribution >= 0.6 is 0 Å². The van der Waals surface area contributed by atoms with Crippen molar-refractivity contribution in [1.29, 1.82) is 0 Å². The zero-order valence-corrected chi connectivity index (χ0v) is 27.7. The third kappa shape index (κ3) is 6.59. The van der Waals surface area contributed by atoms with Crippen LogP contribution in [-0.2, 0) is 28.9 Å². The smallest absolute Gasteiger partial charge is 0.397 e. The summed E-state index contributed by atoms with van der Waals surface area (Å²) in [6, 6.07) is 0. The summed E-state index contributed by atoms with van der Waals surface area (Å²) in [5, 5.41) is 52.6. The van der Waals surface area contributed by atoms with E-state index in [9.17, 15) is 38.7 Å². The lowest BCUT2D eigenvalue weighted by Gasteiger charge is -2.65. The Bertz CT molecular complexity index is 1170. The Morgan fingerprint density at radius 2 is 1.60 bits per heavy atom. The third-order valence-electron chi connectivity index (χ3n) is 13.3. The van der Waals surface area contributed by atoms with Crippen LogP contribution in [-0.4, -0.2) is 94.0 Å². The number of ether oxygens (including phenoxy) is 2. The number of carbonyl (C=O) groups is 1. The van der Waals surface area contributed by atoms with Crippen molar-refractivity contribution >= 4 is 16.4 Å². The molecule has 5 aliphatic rings. The summed E-state index contributed by atoms with van der Waals surface area (Å²) in [4.78, 5) is 11.3. The average molecular weight is 663 g/mol. The molecule has 0 aromatic heterocycles. The van der Waals surface area contributed by atoms with E-state index in [4.69, 9.17) is 14.0 Å². The number of rotatable bonds is 10. The lowest BCUT2D eigenvalue weighted by Crippen LogP contribution is -2.63. The molecule has 1 aliphatic heterocycles. The maximum absolute atomic E-state index is 12.1. The minimum absolute atomic E-state index is 0.0214. The SMILES string of the molecule is CC[C@H]1[C@@H](O)[C@@H]2[C@H](CC[C@]3(C)[C@@H]([C@H](C)CCOS(=O)(=O)O)CC[C@@H]23)[C@@]2(C)CC[C@@H](O[C@@H]3O[C@H](CC(=O)O)[C@@H](O)[C@H](O)[C@H]3O)C[C@@H]12. The fourth-order valence-corrected chi connectivity index (χ4v) is 11.4. The predicted molar refractivity (Wildman–Crippen MR) is 161 cm³/mol. The molecule has 0 radical (unpaired) electrons. The molecule has 6 N–H and O–H groups in total. The highest BCUT2D eigenvalue weighted by atomic mass is 32.3. The Kier molecular flexibility index (Phi) is 10.4. The van der Waals surface area contributed by atoms with Crippen molar-refractivity contribution in [2.24, 2.45) is 52.3 Å². The van der Waals surface area contributed by atoms with Crippen LogP contribution in [0.25, 0.3) is 0 Å². The fourth-order valence-electron chi connectivity index (χ4n) is 11.1. The van der Waals surface area contributed by atoms with E-state index >= 15 is 0 Å². The average Bonchev–Trinajstić information content (AvgIpc) is 3.31. The Labute approximate surface area is 266 Å². The van der Waals surface area contributed by atoms with Gasteiger partial charge in [-0.15, -0.1) is 0 Å². The van der Waals surface area contributed by atoms with Crippen LogP contribution in [0.1, 0.15) is 91.9 Å². The number of carboxylic acid groups (broad SMARTS) is 1. The minimum Gasteiger partial charge on any atom is -0.481 e. The standard InChI is InChI=1S/C32H54O12S/c1-5-18-22-14-17(43-30-29(38)28(37)27(36)23(44-30)15-24(33)34)8-11-32(22,4)21-9-12-31(3)19(6-7-20(31)25(21)26(18)35)16(2)10-13-42-45(39,40)41/h16-23,25-30,35-38H,5-15H2,1-4H3,(H,33,34)(H,39,40,41)/t16-,17-,18-,19-,20+,21+,22+,23-,25+,26-,27-,28+,29-,30-,31-,32-/m1/s1. The highest BCUT2D eigenvalue weighted by Crippen LogP contribution is 2.69. The van der Waals surface area contributed by atoms with Crippen LogP contribution in [0.2, 0.25) is 0 Å². The van der Waals surface area contributed by atoms with Crippen molar-refractivity contribution in [3.05, 3.63) is 0 Å². The summed E-state index contributed by atoms with van der Waals surface area (Å²) in [6.45, 7) is 8.95. The number of aliphatic hydroxyl groups excluding tert-OH is 4. The van der Waals surface area contributed by atoms with Crippen LogP contribution in [0.3, 0.4) is 0 Å². The van der Waals surface area contributed by atoms with Gasteiger partial charge in [-0.05, 0) is 104 Å². The maximum Gasteiger partial charge on any atom is 0.397 e. The molecule has 260 valence electrons. The second kappa shape index (κ2) is 13.2. The molecule has 4 aliphatic carbocycles. The monoisotopic (exact) mass is 662 g/mol. The highest BCUT2D eigenvalue weighted by Gasteiger charge is 2.65. The fraction of sp³-hybridized carbons (Fsp3) is 0.969. The van der Waals surface area contributed by atoms with Crippen molar-refractivity contribution in [3.8, 4) is 0 Å². The van der Waals surface area contributed by atoms with Crippen LogP contribution < -0.4 is 0 Å². The molecule has 12 nitrogen and oxygen atoms in total. The summed E-state index contributed by atoms with van der Waals surface area (Å²) in [7, 11) is -4.46. The molecular formula is C32H54O12S. The Morgan fingerprint density at radius 3 is 2.24 bits per heavy atom. The molecule has 0 amide bonds. The van der Waals surface area contributed by atoms with Crippen LogP contribution in [0.15, 0.2) is 0 Å². The molecule has 0 bridgehead atoms. The van der Waals surface area contributed by atoms with E-state index in [1.807, 2.05) is 0 Å². The van der Waals surface area contributed by atoms with E-state index in [1.54, 1.807) is 0 Å². The quantitative estimate of drug-likeness (QED) is 0.148. The Hall–Kier alpha value is -0.900. The van der Waals surface area contributed by atoms with Gasteiger partial charge < -0.3 is 35.0 Å². The van der Waals surface area contributed by atoms with E-state index in [-0.39, 0.29) is 47.2 Å². The molecular weight excluding hydrogens is 608 g/mol. The Morgan fingerprint density at radius 1 is 0.933 bits per heavy atom. The van der Waals surface area contributed by atoms with E-state index in [0.717, 1.165) is 38.5 Å². The van der Waals surface area contributed by atoms with Gasteiger partial charge in [-0.25, -0.2) is 4.18 Å². The zero-order valence-electron chi connectivity index (χ0n) is 26.9. The number of hydrogen-bond acceptors (Lipinski definition) is 10. The van der Waals surface area contributed by atoms with Gasteiger partial charge in [-0.3, -0.25) is 9.35 Å². The number of carboxylic acids is 1. The molecule has 5 rings (SSSR count). The van der Waals surface area contributed by atoms with E-state index < -0.39 is 59.6 Å². The number of aliphatic hydroxyl groups is 4. The summed E-state index contributed by atoms with van der Waals surface area (Å²) in [5.74, 6) is 0.465. The van der Waals surface area contributed by atoms with Gasteiger partial charge in [-0.2, -0.15) is 8.42 Å². The largest absolute Gasteiger partial charge is 0.481 e. The van der Waals surface area contributed by atoms with E-state index in [2.05, 4.69) is 31.9 Å². The molecule has 0 aromatic rings. The van der Waals surface area contributed by atoms with Gasteiger partial charge in [-0.1, -0.05) is 34.1 Å². The highest BCUT2D eigenvalue weighted by molar-refractivity contribution is 7.80. The molecule has 0 spiro atoms. The molecule has 45 heavy (non-hydrogen) atoms. The summed E-state index contributed by atoms with van der Waals surface area (Å²) in [6.07, 6.45) is -0.799. The van der Waals surface area contributed by atoms with Gasteiger partial charge in [0.2, 0.25) is 0 Å². The number of fused-ring (bicyclic) bond motifs is 5. The van der Waals surface area contributed by atoms with E-state index in [1.165, 1.54) is 0 Å². The number of hydrogen-bond donors (Lipinski definition) is 6. The molecule has 1 heterocycles. The third-order valence-corrected chi connectivity index (χ3v) is 13.8. The first-order valence-corrected chi connectivity index (χ1v) is 18.2. The van der Waals surface area contributed by atoms with Crippen molar-refractivity contribution < 1.29 is 57.0 Å². The molecule has 1 saturated heterocycles. The van der Waals surface area contributed by atoms with Gasteiger partial charge >= 0.3 is 16.4 Å². The van der Waals surface area contributed by atoms with Gasteiger partial charge in [0, 0.05) is 0 Å². The van der Waals surface area contributed by atoms with Gasteiger partial charge in [0.15, 0.2) is 6.29 Å². The predicted octanol–water partition coefficient (Wildman–Crippen LogP) is 2.77. The first-order valence-electron chi connectivity index (χ1n) is 16.9. The molecule has 4 saturated carbocycles. The first-order chi connectivity index (χ1) is 21.0. The van der Waals surface area contributed by atoms with Gasteiger partial charge in [0.1, 0.15) is 18.3 Å². The first kappa shape index (κ1) is 35.4. The van der Waals surface area contributed by atoms with Gasteiger partial charge in [0.25, 0.3) is 0 Å². The van der Waals surface area contributed by atoms with Gasteiger partial charge in [0.05, 0.1) is 31.3 Å². The zero-order chi connectivity index (χ0) is 33.1. The van der Waals surface area contributed by atoms with Crippen molar-refractivity contribution in [3.63, 3.8) is 0 Å². The van der Waals surface area contributed by atoms with Crippen LogP contribution in [0.4, 0.5) is 0 Å². The van der Waals surface area contributed by atoms with Crippen molar-refractivity contribution in [1.82, 2.24) is 0 Å². The van der Waals surface area contributed by atoms with E-state index in [0.29, 0.717) is 37.0 Å². The molecule has 16 atom stereocenters. The summed E-state index contributed by atoms with van der Waals surface area (Å²) in [5.41, 5.74) is 0.000186. The summed E-state index contributed by atoms with van der Waals surface area (Å²) < 4.78 is 47.7. The second-order valence-corrected chi connectivity index (χ2v) is 16.4. The topological polar surface area (TPSA) is 200 Å². The van der Waals surface area contributed by atoms with Crippen molar-refractivity contribution in [2.45, 2.75) is 135 Å². The molecule has 0 unspecified atom stereocenters. The second-order valence-electron chi connectivity index (χ2n) is 15.4. The van der Waals surface area contributed by atoms with Crippen LogP contribution in [0, 0.1) is 52.3 Å². The molecule has 13 heteroatoms. The lowest BCUT2D eigenvalue weighted by molar-refractivity contribution is -0.315.